The number of halogens is 1. The molecule has 1 fully saturated rings. The maximum atomic E-state index is 12.9. The van der Waals surface area contributed by atoms with Gasteiger partial charge in [-0.05, 0) is 42.3 Å². The summed E-state index contributed by atoms with van der Waals surface area (Å²) < 4.78 is 24.3. The quantitative estimate of drug-likeness (QED) is 0.650. The molecule has 0 radical (unpaired) electrons. The summed E-state index contributed by atoms with van der Waals surface area (Å²) in [5, 5.41) is 0. The third kappa shape index (κ3) is 6.40. The molecule has 0 aliphatic carbocycles. The number of benzene rings is 2. The van der Waals surface area contributed by atoms with E-state index >= 15 is 0 Å². The summed E-state index contributed by atoms with van der Waals surface area (Å²) in [7, 11) is 0. The van der Waals surface area contributed by atoms with Crippen LogP contribution in [0.15, 0.2) is 53.4 Å². The summed E-state index contributed by atoms with van der Waals surface area (Å²) in [6.07, 6.45) is 1.03. The van der Waals surface area contributed by atoms with Gasteiger partial charge in [0.2, 0.25) is 0 Å². The van der Waals surface area contributed by atoms with Gasteiger partial charge < -0.3 is 9.47 Å². The zero-order chi connectivity index (χ0) is 15.4. The third-order valence-corrected chi connectivity index (χ3v) is 4.51. The topological polar surface area (TPSA) is 18.5 Å². The van der Waals surface area contributed by atoms with Gasteiger partial charge in [-0.1, -0.05) is 36.9 Å². The third-order valence-electron chi connectivity index (χ3n) is 3.42. The molecule has 2 aromatic carbocycles. The average Bonchev–Trinajstić information content (AvgIpc) is 2.92. The van der Waals surface area contributed by atoms with Crippen molar-refractivity contribution in [2.45, 2.75) is 30.3 Å². The Balaban J connectivity index is 0.00000192. The molecule has 1 unspecified atom stereocenters. The fourth-order valence-electron chi connectivity index (χ4n) is 2.25. The first-order chi connectivity index (χ1) is 10.7. The van der Waals surface area contributed by atoms with Gasteiger partial charge in [0, 0.05) is 4.90 Å². The summed E-state index contributed by atoms with van der Waals surface area (Å²) in [6, 6.07) is 14.3. The molecule has 23 heavy (non-hydrogen) atoms. The van der Waals surface area contributed by atoms with E-state index in [1.54, 1.807) is 23.9 Å². The molecule has 5 heteroatoms. The molecule has 2 atom stereocenters. The van der Waals surface area contributed by atoms with Crippen LogP contribution < -0.4 is 73.6 Å². The van der Waals surface area contributed by atoms with E-state index in [0.29, 0.717) is 12.5 Å². The van der Waals surface area contributed by atoms with Crippen LogP contribution in [0.4, 0.5) is 4.39 Å². The van der Waals surface area contributed by atoms with Gasteiger partial charge in [0.05, 0.1) is 5.44 Å². The number of hydrogen-bond acceptors (Lipinski definition) is 3. The fourth-order valence-corrected chi connectivity index (χ4v) is 3.41. The van der Waals surface area contributed by atoms with Crippen LogP contribution in [-0.4, -0.2) is 5.44 Å². The normalized spacial score (nSPS) is 20.1. The molecule has 0 bridgehead atoms. The molecule has 1 aliphatic rings. The monoisotopic (exact) mass is 450 g/mol. The minimum Gasteiger partial charge on any atom is -0.542 e. The average molecular weight is 450 g/mol. The van der Waals surface area contributed by atoms with Gasteiger partial charge in [0.1, 0.15) is 18.2 Å². The minimum absolute atomic E-state index is 0. The molecular weight excluding hydrogens is 432 g/mol. The van der Waals surface area contributed by atoms with Crippen LogP contribution in [0.5, 0.6) is 5.75 Å². The molecule has 116 valence electrons. The van der Waals surface area contributed by atoms with Gasteiger partial charge in [-0.2, -0.15) is 0 Å². The molecule has 0 spiro atoms. The van der Waals surface area contributed by atoms with Crippen molar-refractivity contribution in [1.82, 2.24) is 0 Å². The Morgan fingerprint density at radius 2 is 2.04 bits per heavy atom. The van der Waals surface area contributed by atoms with Crippen LogP contribution in [0.25, 0.3) is 0 Å². The maximum Gasteiger partial charge on any atom is 1.00 e. The van der Waals surface area contributed by atoms with E-state index in [0.717, 1.165) is 22.6 Å². The van der Waals surface area contributed by atoms with Crippen molar-refractivity contribution in [3.63, 3.8) is 0 Å². The predicted octanol–water partition coefficient (Wildman–Crippen LogP) is 2.05. The number of thioether (sulfide) groups is 1. The van der Waals surface area contributed by atoms with Crippen molar-refractivity contribution >= 4 is 11.8 Å². The van der Waals surface area contributed by atoms with Gasteiger partial charge in [-0.3, -0.25) is 0 Å². The van der Waals surface area contributed by atoms with Crippen molar-refractivity contribution in [3.05, 3.63) is 66.5 Å². The van der Waals surface area contributed by atoms with E-state index in [2.05, 4.69) is 13.0 Å². The van der Waals surface area contributed by atoms with Gasteiger partial charge >= 0.3 is 68.9 Å². The Kier molecular flexibility index (Phi) is 8.52. The van der Waals surface area contributed by atoms with Crippen molar-refractivity contribution in [3.8, 4) is 5.75 Å². The van der Waals surface area contributed by atoms with E-state index in [1.165, 1.54) is 12.1 Å². The van der Waals surface area contributed by atoms with Crippen molar-refractivity contribution < 1.29 is 82.8 Å². The van der Waals surface area contributed by atoms with Crippen LogP contribution in [0.2, 0.25) is 0 Å². The van der Waals surface area contributed by atoms with Crippen molar-refractivity contribution in [1.29, 1.82) is 0 Å². The molecule has 0 amide bonds. The molecule has 1 saturated heterocycles. The van der Waals surface area contributed by atoms with Crippen LogP contribution >= 0.6 is 11.8 Å². The van der Waals surface area contributed by atoms with Crippen LogP contribution in [-0.2, 0) is 11.3 Å². The molecule has 0 aromatic heterocycles. The van der Waals surface area contributed by atoms with E-state index < -0.39 is 0 Å². The second-order valence-electron chi connectivity index (χ2n) is 5.42. The summed E-state index contributed by atoms with van der Waals surface area (Å²) in [4.78, 5) is 1.13. The largest absolute Gasteiger partial charge is 1.00 e. The van der Waals surface area contributed by atoms with E-state index in [-0.39, 0.29) is 80.1 Å². The summed E-state index contributed by atoms with van der Waals surface area (Å²) >= 11 is 1.71. The Morgan fingerprint density at radius 3 is 2.74 bits per heavy atom. The number of rotatable bonds is 5. The molecule has 1 heterocycles. The van der Waals surface area contributed by atoms with Crippen LogP contribution in [0, 0.1) is 18.3 Å². The summed E-state index contributed by atoms with van der Waals surface area (Å²) in [5.41, 5.74) is 1.13. The molecule has 0 N–H and O–H groups in total. The molecule has 1 aliphatic heterocycles. The predicted molar refractivity (Wildman–Crippen MR) is 86.0 cm³/mol. The molecule has 0 saturated carbocycles. The number of hydrogen-bond donors (Lipinski definition) is 0. The van der Waals surface area contributed by atoms with Crippen LogP contribution in [0.1, 0.15) is 18.9 Å². The van der Waals surface area contributed by atoms with Gasteiger partial charge in [0.25, 0.3) is 0 Å². The summed E-state index contributed by atoms with van der Waals surface area (Å²) in [5.74, 6) is 1.09. The molecule has 2 nitrogen and oxygen atoms in total. The summed E-state index contributed by atoms with van der Waals surface area (Å²) in [6.45, 7) is 4.49. The first-order valence-electron chi connectivity index (χ1n) is 7.32. The molecule has 2 aromatic rings. The minimum atomic E-state index is -0.232. The first-order valence-corrected chi connectivity index (χ1v) is 8.20. The van der Waals surface area contributed by atoms with E-state index in [1.807, 2.05) is 24.8 Å². The second kappa shape index (κ2) is 9.87. The van der Waals surface area contributed by atoms with Crippen LogP contribution in [0.3, 0.4) is 0 Å². The fraction of sp³-hybridized carbons (Fsp3) is 0.278. The molecule has 3 rings (SSSR count). The Hall–Kier alpha value is 0.532. The zero-order valence-electron chi connectivity index (χ0n) is 13.4. The first kappa shape index (κ1) is 19.9. The standard InChI is InChI=1S/C18H18FO2S.Cs/c1-13-9-18(21-11-13)22-17-4-2-3-16(10-17)20-12-14-5-7-15(19)8-6-14;/h2-8,10-11,13,18H,9,12H2,1H3;/q-1;+1/t13-,18?;/m1./s1. The van der Waals surface area contributed by atoms with E-state index in [9.17, 15) is 4.39 Å². The van der Waals surface area contributed by atoms with Gasteiger partial charge in [-0.15, -0.1) is 5.92 Å². The SMILES string of the molecule is C[C@H]1[CH-]OC(Sc2cccc(OCc3ccc(F)cc3)c2)C1.[Cs+]. The number of ether oxygens (including phenoxy) is 2. The van der Waals surface area contributed by atoms with Crippen molar-refractivity contribution in [2.24, 2.45) is 5.92 Å². The second-order valence-corrected chi connectivity index (χ2v) is 6.66. The molecular formula is C18H18CsFO2S. The smallest absolute Gasteiger partial charge is 0.542 e. The van der Waals surface area contributed by atoms with Crippen molar-refractivity contribution in [2.75, 3.05) is 0 Å². The maximum absolute atomic E-state index is 12.9. The zero-order valence-corrected chi connectivity index (χ0v) is 20.5. The Morgan fingerprint density at radius 1 is 1.26 bits per heavy atom. The van der Waals surface area contributed by atoms with E-state index in [4.69, 9.17) is 9.47 Å². The van der Waals surface area contributed by atoms with Gasteiger partial charge in [0.15, 0.2) is 0 Å². The Labute approximate surface area is 199 Å². The Bertz CT molecular complexity index is 621. The van der Waals surface area contributed by atoms with Gasteiger partial charge in [-0.25, -0.2) is 11.0 Å².